The molecule has 0 aliphatic carbocycles. The van der Waals surface area contributed by atoms with Gasteiger partial charge in [0.15, 0.2) is 0 Å². The average molecular weight is 267 g/mol. The van der Waals surface area contributed by atoms with Gasteiger partial charge >= 0.3 is 0 Å². The molecule has 0 amide bonds. The molecule has 5 nitrogen and oxygen atoms in total. The lowest BCUT2D eigenvalue weighted by molar-refractivity contribution is 0.411. The van der Waals surface area contributed by atoms with Crippen LogP contribution in [0, 0.1) is 13.8 Å². The summed E-state index contributed by atoms with van der Waals surface area (Å²) in [4.78, 5) is 0. The van der Waals surface area contributed by atoms with E-state index in [0.29, 0.717) is 17.3 Å². The number of benzene rings is 1. The van der Waals surface area contributed by atoms with Crippen LogP contribution in [-0.4, -0.2) is 22.1 Å². The van der Waals surface area contributed by atoms with Gasteiger partial charge in [0.05, 0.1) is 18.5 Å². The maximum absolute atomic E-state index is 6.08. The number of hydrogen-bond donors (Lipinski definition) is 1. The number of ether oxygens (including phenoxy) is 1. The van der Waals surface area contributed by atoms with Gasteiger partial charge in [-0.3, -0.25) is 0 Å². The van der Waals surface area contributed by atoms with E-state index in [1.807, 2.05) is 19.9 Å². The van der Waals surface area contributed by atoms with Crippen molar-refractivity contribution in [3.8, 4) is 11.4 Å². The molecule has 0 saturated carbocycles. The Balaban J connectivity index is 2.62. The first kappa shape index (κ1) is 12.9. The van der Waals surface area contributed by atoms with Gasteiger partial charge in [0, 0.05) is 17.6 Å². The Kier molecular flexibility index (Phi) is 3.54. The van der Waals surface area contributed by atoms with Gasteiger partial charge in [-0.1, -0.05) is 16.8 Å². The van der Waals surface area contributed by atoms with Crippen LogP contribution in [0.15, 0.2) is 12.1 Å². The summed E-state index contributed by atoms with van der Waals surface area (Å²) in [6.07, 6.45) is 0. The highest BCUT2D eigenvalue weighted by Crippen LogP contribution is 2.30. The van der Waals surface area contributed by atoms with Crippen LogP contribution >= 0.6 is 11.6 Å². The van der Waals surface area contributed by atoms with Crippen molar-refractivity contribution in [3.63, 3.8) is 0 Å². The Morgan fingerprint density at radius 2 is 2.11 bits per heavy atom. The fraction of sp³-hybridized carbons (Fsp3) is 0.333. The van der Waals surface area contributed by atoms with E-state index in [9.17, 15) is 0 Å². The summed E-state index contributed by atoms with van der Waals surface area (Å²) in [6, 6.07) is 3.69. The summed E-state index contributed by atoms with van der Waals surface area (Å²) in [5.74, 6) is 0.655. The van der Waals surface area contributed by atoms with Crippen LogP contribution in [0.1, 0.15) is 17.0 Å². The van der Waals surface area contributed by atoms with Crippen molar-refractivity contribution in [1.29, 1.82) is 0 Å². The normalized spacial score (nSPS) is 10.7. The molecule has 0 spiro atoms. The number of halogens is 1. The smallest absolute Gasteiger partial charge is 0.146 e. The fourth-order valence-corrected chi connectivity index (χ4v) is 1.91. The molecule has 1 heterocycles. The third-order valence-corrected chi connectivity index (χ3v) is 3.28. The van der Waals surface area contributed by atoms with Gasteiger partial charge in [-0.15, -0.1) is 5.10 Å². The van der Waals surface area contributed by atoms with Crippen molar-refractivity contribution < 1.29 is 4.74 Å². The third kappa shape index (κ3) is 2.07. The van der Waals surface area contributed by atoms with E-state index in [-0.39, 0.29) is 0 Å². The molecule has 1 aromatic heterocycles. The lowest BCUT2D eigenvalue weighted by Crippen LogP contribution is -2.04. The molecule has 1 aromatic carbocycles. The lowest BCUT2D eigenvalue weighted by atomic mass is 10.2. The zero-order chi connectivity index (χ0) is 13.3. The molecule has 0 bridgehead atoms. The van der Waals surface area contributed by atoms with Gasteiger partial charge in [-0.2, -0.15) is 0 Å². The molecular weight excluding hydrogens is 252 g/mol. The second kappa shape index (κ2) is 4.96. The average Bonchev–Trinajstić information content (AvgIpc) is 2.73. The predicted octanol–water partition coefficient (Wildman–Crippen LogP) is 2.00. The number of nitrogens with zero attached hydrogens (tertiary/aromatic N) is 3. The number of methoxy groups -OCH3 is 1. The molecule has 0 saturated heterocycles. The lowest BCUT2D eigenvalue weighted by Gasteiger charge is -2.11. The molecule has 0 atom stereocenters. The van der Waals surface area contributed by atoms with Gasteiger partial charge in [-0.05, 0) is 25.5 Å². The van der Waals surface area contributed by atoms with Gasteiger partial charge in [0.25, 0.3) is 0 Å². The van der Waals surface area contributed by atoms with Crippen molar-refractivity contribution in [2.45, 2.75) is 20.4 Å². The van der Waals surface area contributed by atoms with Gasteiger partial charge in [-0.25, -0.2) is 4.68 Å². The minimum atomic E-state index is 0.362. The quantitative estimate of drug-likeness (QED) is 0.923. The summed E-state index contributed by atoms with van der Waals surface area (Å²) in [5.41, 5.74) is 9.03. The first-order valence-corrected chi connectivity index (χ1v) is 5.92. The molecule has 18 heavy (non-hydrogen) atoms. The Labute approximate surface area is 111 Å². The van der Waals surface area contributed by atoms with Gasteiger partial charge < -0.3 is 10.5 Å². The van der Waals surface area contributed by atoms with Crippen LogP contribution in [0.25, 0.3) is 5.69 Å². The summed E-state index contributed by atoms with van der Waals surface area (Å²) in [6.45, 7) is 4.22. The Morgan fingerprint density at radius 3 is 2.67 bits per heavy atom. The summed E-state index contributed by atoms with van der Waals surface area (Å²) in [7, 11) is 1.60. The number of aryl methyl sites for hydroxylation is 1. The number of hydrogen-bond acceptors (Lipinski definition) is 4. The largest absolute Gasteiger partial charge is 0.494 e. The number of aromatic nitrogens is 3. The van der Waals surface area contributed by atoms with Gasteiger partial charge in [0.2, 0.25) is 0 Å². The monoisotopic (exact) mass is 266 g/mol. The summed E-state index contributed by atoms with van der Waals surface area (Å²) >= 11 is 6.08. The van der Waals surface area contributed by atoms with Crippen molar-refractivity contribution in [2.75, 3.05) is 7.11 Å². The summed E-state index contributed by atoms with van der Waals surface area (Å²) < 4.78 is 7.04. The highest BCUT2D eigenvalue weighted by Gasteiger charge is 2.14. The number of nitrogens with two attached hydrogens (primary N) is 1. The van der Waals surface area contributed by atoms with Crippen LogP contribution in [0.2, 0.25) is 5.02 Å². The Hall–Kier alpha value is -1.59. The predicted molar refractivity (Wildman–Crippen MR) is 70.3 cm³/mol. The molecule has 0 unspecified atom stereocenters. The molecule has 0 aliphatic rings. The standard InChI is InChI=1S/C12H15ClN4O/c1-7-4-11(12(18-3)5-9(7)13)17-8(2)10(6-14)15-16-17/h4-5H,6,14H2,1-3H3. The first-order chi connectivity index (χ1) is 8.58. The van der Waals surface area contributed by atoms with Crippen LogP contribution < -0.4 is 10.5 Å². The van der Waals surface area contributed by atoms with E-state index < -0.39 is 0 Å². The van der Waals surface area contributed by atoms with E-state index >= 15 is 0 Å². The van der Waals surface area contributed by atoms with Crippen molar-refractivity contribution in [3.05, 3.63) is 34.1 Å². The molecule has 6 heteroatoms. The van der Waals surface area contributed by atoms with Crippen molar-refractivity contribution in [1.82, 2.24) is 15.0 Å². The zero-order valence-corrected chi connectivity index (χ0v) is 11.3. The van der Waals surface area contributed by atoms with E-state index in [1.165, 1.54) is 0 Å². The van der Waals surface area contributed by atoms with Crippen molar-refractivity contribution in [2.24, 2.45) is 5.73 Å². The molecule has 0 fully saturated rings. The first-order valence-electron chi connectivity index (χ1n) is 5.54. The molecule has 0 aliphatic heterocycles. The van der Waals surface area contributed by atoms with Crippen LogP contribution in [0.3, 0.4) is 0 Å². The highest BCUT2D eigenvalue weighted by molar-refractivity contribution is 6.31. The number of rotatable bonds is 3. The van der Waals surface area contributed by atoms with Crippen molar-refractivity contribution >= 4 is 11.6 Å². The molecule has 0 radical (unpaired) electrons. The van der Waals surface area contributed by atoms with E-state index in [2.05, 4.69) is 10.3 Å². The molecular formula is C12H15ClN4O. The molecule has 2 rings (SSSR count). The Bertz CT molecular complexity index is 580. The van der Waals surface area contributed by atoms with Crippen LogP contribution in [0.4, 0.5) is 0 Å². The SMILES string of the molecule is COc1cc(Cl)c(C)cc1-n1nnc(CN)c1C. The molecule has 2 N–H and O–H groups in total. The summed E-state index contributed by atoms with van der Waals surface area (Å²) in [5, 5.41) is 8.80. The maximum Gasteiger partial charge on any atom is 0.146 e. The Morgan fingerprint density at radius 1 is 1.39 bits per heavy atom. The minimum absolute atomic E-state index is 0.362. The minimum Gasteiger partial charge on any atom is -0.494 e. The van der Waals surface area contributed by atoms with E-state index in [1.54, 1.807) is 17.9 Å². The fourth-order valence-electron chi connectivity index (χ4n) is 1.75. The van der Waals surface area contributed by atoms with Crippen LogP contribution in [-0.2, 0) is 6.54 Å². The maximum atomic E-state index is 6.08. The molecule has 2 aromatic rings. The third-order valence-electron chi connectivity index (χ3n) is 2.87. The highest BCUT2D eigenvalue weighted by atomic mass is 35.5. The zero-order valence-electron chi connectivity index (χ0n) is 10.6. The van der Waals surface area contributed by atoms with Crippen LogP contribution in [0.5, 0.6) is 5.75 Å². The van der Waals surface area contributed by atoms with Gasteiger partial charge in [0.1, 0.15) is 11.4 Å². The molecule has 96 valence electrons. The van der Waals surface area contributed by atoms with E-state index in [0.717, 1.165) is 22.6 Å². The second-order valence-electron chi connectivity index (χ2n) is 4.01. The topological polar surface area (TPSA) is 66.0 Å². The van der Waals surface area contributed by atoms with E-state index in [4.69, 9.17) is 22.1 Å². The second-order valence-corrected chi connectivity index (χ2v) is 4.42.